The summed E-state index contributed by atoms with van der Waals surface area (Å²) in [4.78, 5) is 22.2. The predicted molar refractivity (Wildman–Crippen MR) is 105 cm³/mol. The second kappa shape index (κ2) is 15.0. The van der Waals surface area contributed by atoms with Crippen LogP contribution in [0.5, 0.6) is 0 Å². The Morgan fingerprint density at radius 1 is 0.769 bits per heavy atom. The summed E-state index contributed by atoms with van der Waals surface area (Å²) in [5.74, 6) is 1.39. The quantitative estimate of drug-likeness (QED) is 0.507. The molecule has 0 aliphatic heterocycles. The van der Waals surface area contributed by atoms with Crippen LogP contribution in [-0.2, 0) is 19.1 Å². The first-order chi connectivity index (χ1) is 12.7. The van der Waals surface area contributed by atoms with Gasteiger partial charge in [-0.3, -0.25) is 9.59 Å². The summed E-state index contributed by atoms with van der Waals surface area (Å²) in [7, 11) is 0. The Morgan fingerprint density at radius 3 is 1.88 bits per heavy atom. The molecular weight excluding hydrogens is 328 g/mol. The van der Waals surface area contributed by atoms with Crippen molar-refractivity contribution >= 4 is 11.9 Å². The van der Waals surface area contributed by atoms with Gasteiger partial charge in [0, 0.05) is 12.8 Å². The number of hydrogen-bond donors (Lipinski definition) is 0. The summed E-state index contributed by atoms with van der Waals surface area (Å²) in [5.41, 5.74) is 0. The topological polar surface area (TPSA) is 52.6 Å². The maximum atomic E-state index is 11.1. The summed E-state index contributed by atoms with van der Waals surface area (Å²) >= 11 is 0. The van der Waals surface area contributed by atoms with E-state index in [4.69, 9.17) is 9.47 Å². The van der Waals surface area contributed by atoms with Gasteiger partial charge >= 0.3 is 11.9 Å². The number of rotatable bonds is 8. The minimum atomic E-state index is -0.0247. The van der Waals surface area contributed by atoms with Gasteiger partial charge in [0.2, 0.25) is 0 Å². The van der Waals surface area contributed by atoms with Crippen LogP contribution in [0, 0.1) is 11.8 Å². The monoisotopic (exact) mass is 368 g/mol. The lowest BCUT2D eigenvalue weighted by Gasteiger charge is -2.20. The molecule has 2 aliphatic rings. The van der Waals surface area contributed by atoms with Crippen molar-refractivity contribution in [2.24, 2.45) is 11.8 Å². The van der Waals surface area contributed by atoms with Gasteiger partial charge in [0.05, 0.1) is 13.2 Å². The molecule has 0 atom stereocenters. The number of ether oxygens (including phenoxy) is 2. The second-order valence-electron chi connectivity index (χ2n) is 7.78. The zero-order valence-electron chi connectivity index (χ0n) is 17.1. The minimum absolute atomic E-state index is 0.00981. The summed E-state index contributed by atoms with van der Waals surface area (Å²) < 4.78 is 10.1. The van der Waals surface area contributed by atoms with Crippen molar-refractivity contribution in [3.63, 3.8) is 0 Å². The van der Waals surface area contributed by atoms with E-state index in [1.54, 1.807) is 0 Å². The second-order valence-corrected chi connectivity index (χ2v) is 7.78. The Bertz CT molecular complexity index is 368. The maximum absolute atomic E-state index is 11.1. The standard InChI is InChI=1S/C12H22O2.C10H18O2/c1-2-6-12(13)14-10-9-11-7-4-3-5-8-11;1-2-12-10(11)8-9-6-4-3-5-7-9/h11H,2-10H2,1H3;9H,2-8H2,1H3. The molecule has 0 aromatic rings. The molecular formula is C22H40O4. The molecule has 4 nitrogen and oxygen atoms in total. The third-order valence-electron chi connectivity index (χ3n) is 5.45. The molecule has 0 N–H and O–H groups in total. The molecule has 0 aromatic carbocycles. The Morgan fingerprint density at radius 2 is 1.35 bits per heavy atom. The smallest absolute Gasteiger partial charge is 0.306 e. The highest BCUT2D eigenvalue weighted by Gasteiger charge is 2.17. The molecule has 4 heteroatoms. The molecule has 0 spiro atoms. The van der Waals surface area contributed by atoms with Gasteiger partial charge < -0.3 is 9.47 Å². The van der Waals surface area contributed by atoms with Gasteiger partial charge in [0.1, 0.15) is 0 Å². The molecule has 0 unspecified atom stereocenters. The van der Waals surface area contributed by atoms with Crippen LogP contribution in [-0.4, -0.2) is 25.2 Å². The SMILES string of the molecule is CCCC(=O)OCCC1CCCCC1.CCOC(=O)CC1CCCCC1. The number of carbonyl (C=O) groups is 2. The van der Waals surface area contributed by atoms with Crippen LogP contribution in [0.3, 0.4) is 0 Å². The first-order valence-electron chi connectivity index (χ1n) is 11.0. The normalized spacial score (nSPS) is 18.5. The fourth-order valence-corrected chi connectivity index (χ4v) is 3.94. The third-order valence-corrected chi connectivity index (χ3v) is 5.45. The third kappa shape index (κ3) is 11.5. The minimum Gasteiger partial charge on any atom is -0.466 e. The molecule has 2 saturated carbocycles. The van der Waals surface area contributed by atoms with E-state index in [0.29, 0.717) is 32.0 Å². The zero-order valence-corrected chi connectivity index (χ0v) is 17.1. The molecule has 0 radical (unpaired) electrons. The van der Waals surface area contributed by atoms with Crippen molar-refractivity contribution in [1.82, 2.24) is 0 Å². The first-order valence-corrected chi connectivity index (χ1v) is 11.0. The van der Waals surface area contributed by atoms with Crippen LogP contribution in [0.15, 0.2) is 0 Å². The van der Waals surface area contributed by atoms with Crippen molar-refractivity contribution < 1.29 is 19.1 Å². The van der Waals surface area contributed by atoms with Crippen molar-refractivity contribution in [3.8, 4) is 0 Å². The largest absolute Gasteiger partial charge is 0.466 e. The molecule has 2 fully saturated rings. The average molecular weight is 369 g/mol. The number of esters is 2. The summed E-state index contributed by atoms with van der Waals surface area (Å²) in [6.45, 7) is 5.02. The van der Waals surface area contributed by atoms with Crippen LogP contribution < -0.4 is 0 Å². The van der Waals surface area contributed by atoms with Crippen molar-refractivity contribution in [2.75, 3.05) is 13.2 Å². The molecule has 2 aliphatic carbocycles. The zero-order chi connectivity index (χ0) is 19.0. The first kappa shape index (κ1) is 23.0. The summed E-state index contributed by atoms with van der Waals surface area (Å²) in [6, 6.07) is 0. The molecule has 0 aromatic heterocycles. The lowest BCUT2D eigenvalue weighted by atomic mass is 9.87. The molecule has 0 bridgehead atoms. The highest BCUT2D eigenvalue weighted by Crippen LogP contribution is 2.27. The van der Waals surface area contributed by atoms with Gasteiger partial charge in [0.15, 0.2) is 0 Å². The van der Waals surface area contributed by atoms with Gasteiger partial charge in [-0.15, -0.1) is 0 Å². The van der Waals surface area contributed by atoms with E-state index in [0.717, 1.165) is 18.8 Å². The van der Waals surface area contributed by atoms with E-state index < -0.39 is 0 Å². The van der Waals surface area contributed by atoms with E-state index in [2.05, 4.69) is 0 Å². The lowest BCUT2D eigenvalue weighted by molar-refractivity contribution is -0.145. The van der Waals surface area contributed by atoms with Gasteiger partial charge in [-0.25, -0.2) is 0 Å². The van der Waals surface area contributed by atoms with E-state index in [9.17, 15) is 9.59 Å². The Balaban J connectivity index is 0.000000263. The van der Waals surface area contributed by atoms with Crippen molar-refractivity contribution in [3.05, 3.63) is 0 Å². The molecule has 2 rings (SSSR count). The molecule has 26 heavy (non-hydrogen) atoms. The van der Waals surface area contributed by atoms with Crippen molar-refractivity contribution in [1.29, 1.82) is 0 Å². The van der Waals surface area contributed by atoms with Crippen LogP contribution >= 0.6 is 0 Å². The van der Waals surface area contributed by atoms with Crippen LogP contribution in [0.25, 0.3) is 0 Å². The fraction of sp³-hybridized carbons (Fsp3) is 0.909. The highest BCUT2D eigenvalue weighted by atomic mass is 16.5. The predicted octanol–water partition coefficient (Wildman–Crippen LogP) is 5.82. The van der Waals surface area contributed by atoms with E-state index >= 15 is 0 Å². The van der Waals surface area contributed by atoms with E-state index in [1.165, 1.54) is 64.2 Å². The van der Waals surface area contributed by atoms with Crippen molar-refractivity contribution in [2.45, 2.75) is 104 Å². The van der Waals surface area contributed by atoms with Gasteiger partial charge in [-0.1, -0.05) is 58.3 Å². The van der Waals surface area contributed by atoms with Gasteiger partial charge in [-0.2, -0.15) is 0 Å². The van der Waals surface area contributed by atoms with Gasteiger partial charge in [-0.05, 0) is 44.4 Å². The van der Waals surface area contributed by atoms with Crippen LogP contribution in [0.4, 0.5) is 0 Å². The Hall–Kier alpha value is -1.06. The highest BCUT2D eigenvalue weighted by molar-refractivity contribution is 5.69. The Labute approximate surface area is 160 Å². The molecule has 152 valence electrons. The fourth-order valence-electron chi connectivity index (χ4n) is 3.94. The van der Waals surface area contributed by atoms with Crippen LogP contribution in [0.1, 0.15) is 104 Å². The Kier molecular flexibility index (Phi) is 13.3. The molecule has 0 amide bonds. The van der Waals surface area contributed by atoms with E-state index in [-0.39, 0.29) is 11.9 Å². The number of hydrogen-bond acceptors (Lipinski definition) is 4. The average Bonchev–Trinajstić information content (AvgIpc) is 2.64. The summed E-state index contributed by atoms with van der Waals surface area (Å²) in [5, 5.41) is 0. The molecule has 0 heterocycles. The van der Waals surface area contributed by atoms with E-state index in [1.807, 2.05) is 13.8 Å². The molecule has 0 saturated heterocycles. The number of carbonyl (C=O) groups excluding carboxylic acids is 2. The van der Waals surface area contributed by atoms with Gasteiger partial charge in [0.25, 0.3) is 0 Å². The lowest BCUT2D eigenvalue weighted by Crippen LogP contribution is -2.14. The maximum Gasteiger partial charge on any atom is 0.306 e. The van der Waals surface area contributed by atoms with Crippen LogP contribution in [0.2, 0.25) is 0 Å². The summed E-state index contributed by atoms with van der Waals surface area (Å²) in [6.07, 6.45) is 16.4.